The number of benzene rings is 2. The highest BCUT2D eigenvalue weighted by molar-refractivity contribution is 5.92. The molecule has 0 spiro atoms. The standard InChI is InChI=1S/C20H14N4O6/c25-18(12-29-16-8-6-15(7-9-16)24(26)27)21-14-4-1-3-13(11-14)19-22-23-20(30-19)17-5-2-10-28-17/h1-11H,12H2,(H,21,25). The van der Waals surface area contributed by atoms with Crippen LogP contribution >= 0.6 is 0 Å². The van der Waals surface area contributed by atoms with E-state index in [1.807, 2.05) is 0 Å². The summed E-state index contributed by atoms with van der Waals surface area (Å²) in [6.45, 7) is -0.259. The number of non-ortho nitro benzene ring substituents is 1. The van der Waals surface area contributed by atoms with Crippen molar-refractivity contribution in [2.24, 2.45) is 0 Å². The van der Waals surface area contributed by atoms with E-state index in [1.165, 1.54) is 30.5 Å². The third-order valence-corrected chi connectivity index (χ3v) is 3.97. The molecule has 0 unspecified atom stereocenters. The number of aromatic nitrogens is 2. The van der Waals surface area contributed by atoms with Crippen LogP contribution in [0.2, 0.25) is 0 Å². The summed E-state index contributed by atoms with van der Waals surface area (Å²) in [4.78, 5) is 22.3. The molecule has 4 aromatic rings. The molecule has 1 amide bonds. The van der Waals surface area contributed by atoms with E-state index in [-0.39, 0.29) is 24.1 Å². The molecule has 0 aliphatic heterocycles. The quantitative estimate of drug-likeness (QED) is 0.360. The summed E-state index contributed by atoms with van der Waals surface area (Å²) in [7, 11) is 0. The van der Waals surface area contributed by atoms with Crippen molar-refractivity contribution >= 4 is 17.3 Å². The molecule has 150 valence electrons. The molecule has 0 radical (unpaired) electrons. The predicted octanol–water partition coefficient (Wildman–Crippen LogP) is 3.92. The van der Waals surface area contributed by atoms with Crippen LogP contribution in [0.4, 0.5) is 11.4 Å². The first kappa shape index (κ1) is 18.9. The van der Waals surface area contributed by atoms with Crippen molar-refractivity contribution in [1.29, 1.82) is 0 Å². The van der Waals surface area contributed by atoms with E-state index in [0.717, 1.165) is 0 Å². The zero-order valence-electron chi connectivity index (χ0n) is 15.3. The zero-order chi connectivity index (χ0) is 20.9. The molecule has 0 fully saturated rings. The number of hydrogen-bond donors (Lipinski definition) is 1. The van der Waals surface area contributed by atoms with Crippen molar-refractivity contribution in [3.8, 4) is 28.9 Å². The summed E-state index contributed by atoms with van der Waals surface area (Å²) in [6, 6.07) is 15.8. The largest absolute Gasteiger partial charge is 0.484 e. The first-order valence-electron chi connectivity index (χ1n) is 8.73. The SMILES string of the molecule is O=C(COc1ccc([N+](=O)[O-])cc1)Nc1cccc(-c2nnc(-c3ccco3)o2)c1. The van der Waals surface area contributed by atoms with Crippen LogP contribution in [-0.2, 0) is 4.79 Å². The molecule has 0 aliphatic carbocycles. The summed E-state index contributed by atoms with van der Waals surface area (Å²) in [5, 5.41) is 21.3. The van der Waals surface area contributed by atoms with Gasteiger partial charge in [-0.3, -0.25) is 14.9 Å². The minimum absolute atomic E-state index is 0.0557. The summed E-state index contributed by atoms with van der Waals surface area (Å²) < 4.78 is 16.2. The molecule has 0 bridgehead atoms. The van der Waals surface area contributed by atoms with E-state index in [2.05, 4.69) is 15.5 Å². The van der Waals surface area contributed by atoms with Gasteiger partial charge in [-0.2, -0.15) is 0 Å². The van der Waals surface area contributed by atoms with Crippen LogP contribution in [0, 0.1) is 10.1 Å². The number of furan rings is 1. The molecular formula is C20H14N4O6. The maximum atomic E-state index is 12.2. The Labute approximate surface area is 169 Å². The monoisotopic (exact) mass is 406 g/mol. The Morgan fingerprint density at radius 1 is 1.07 bits per heavy atom. The number of nitro benzene ring substituents is 1. The van der Waals surface area contributed by atoms with Gasteiger partial charge >= 0.3 is 0 Å². The molecule has 30 heavy (non-hydrogen) atoms. The minimum atomic E-state index is -0.509. The highest BCUT2D eigenvalue weighted by atomic mass is 16.6. The summed E-state index contributed by atoms with van der Waals surface area (Å²) in [5.41, 5.74) is 1.08. The van der Waals surface area contributed by atoms with Crippen molar-refractivity contribution in [3.63, 3.8) is 0 Å². The predicted molar refractivity (Wildman–Crippen MR) is 105 cm³/mol. The molecule has 0 aliphatic rings. The van der Waals surface area contributed by atoms with Gasteiger partial charge < -0.3 is 18.9 Å². The zero-order valence-corrected chi connectivity index (χ0v) is 15.3. The fourth-order valence-electron chi connectivity index (χ4n) is 2.58. The number of carbonyl (C=O) groups excluding carboxylic acids is 1. The van der Waals surface area contributed by atoms with Crippen LogP contribution in [0.1, 0.15) is 0 Å². The van der Waals surface area contributed by atoms with Gasteiger partial charge in [0.25, 0.3) is 17.5 Å². The topological polar surface area (TPSA) is 134 Å². The number of anilines is 1. The number of amides is 1. The first-order valence-corrected chi connectivity index (χ1v) is 8.73. The summed E-state index contributed by atoms with van der Waals surface area (Å²) in [5.74, 6) is 0.940. The fourth-order valence-corrected chi connectivity index (χ4v) is 2.58. The maximum Gasteiger partial charge on any atom is 0.283 e. The van der Waals surface area contributed by atoms with Gasteiger partial charge in [-0.15, -0.1) is 10.2 Å². The van der Waals surface area contributed by atoms with Gasteiger partial charge in [-0.25, -0.2) is 0 Å². The van der Waals surface area contributed by atoms with Crippen LogP contribution in [-0.4, -0.2) is 27.6 Å². The Hall–Kier alpha value is -4.47. The fraction of sp³-hybridized carbons (Fsp3) is 0.0500. The molecule has 0 atom stereocenters. The average molecular weight is 406 g/mol. The van der Waals surface area contributed by atoms with Crippen molar-refractivity contribution in [3.05, 3.63) is 77.0 Å². The number of carbonyl (C=O) groups is 1. The average Bonchev–Trinajstić information content (AvgIpc) is 3.44. The summed E-state index contributed by atoms with van der Waals surface area (Å²) >= 11 is 0. The first-order chi connectivity index (χ1) is 14.6. The maximum absolute atomic E-state index is 12.2. The van der Waals surface area contributed by atoms with Crippen LogP contribution in [0.5, 0.6) is 5.75 Å². The van der Waals surface area contributed by atoms with Gasteiger partial charge in [0.05, 0.1) is 11.2 Å². The van der Waals surface area contributed by atoms with Crippen molar-refractivity contribution in [2.45, 2.75) is 0 Å². The van der Waals surface area contributed by atoms with E-state index in [4.69, 9.17) is 13.6 Å². The number of hydrogen-bond acceptors (Lipinski definition) is 8. The van der Waals surface area contributed by atoms with Crippen molar-refractivity contribution in [2.75, 3.05) is 11.9 Å². The van der Waals surface area contributed by atoms with E-state index < -0.39 is 10.8 Å². The normalized spacial score (nSPS) is 10.5. The lowest BCUT2D eigenvalue weighted by molar-refractivity contribution is -0.384. The molecule has 2 heterocycles. The number of rotatable bonds is 7. The lowest BCUT2D eigenvalue weighted by Gasteiger charge is -2.08. The second-order valence-electron chi connectivity index (χ2n) is 6.06. The number of nitrogens with one attached hydrogen (secondary N) is 1. The van der Waals surface area contributed by atoms with Gasteiger partial charge in [0.15, 0.2) is 12.4 Å². The van der Waals surface area contributed by atoms with E-state index in [0.29, 0.717) is 22.8 Å². The van der Waals surface area contributed by atoms with Crippen molar-refractivity contribution in [1.82, 2.24) is 10.2 Å². The highest BCUT2D eigenvalue weighted by Crippen LogP contribution is 2.26. The Bertz CT molecular complexity index is 1170. The Balaban J connectivity index is 1.38. The van der Waals surface area contributed by atoms with Crippen molar-refractivity contribution < 1.29 is 23.3 Å². The number of nitrogens with zero attached hydrogens (tertiary/aromatic N) is 3. The second kappa shape index (κ2) is 8.27. The van der Waals surface area contributed by atoms with Crippen LogP contribution in [0.3, 0.4) is 0 Å². The van der Waals surface area contributed by atoms with Crippen LogP contribution in [0.15, 0.2) is 75.8 Å². The van der Waals surface area contributed by atoms with Gasteiger partial charge in [0.1, 0.15) is 5.75 Å². The Morgan fingerprint density at radius 3 is 2.60 bits per heavy atom. The molecule has 0 saturated carbocycles. The Kier molecular flexibility index (Phi) is 5.20. The van der Waals surface area contributed by atoms with Gasteiger partial charge in [-0.1, -0.05) is 6.07 Å². The molecule has 0 saturated heterocycles. The molecule has 2 aromatic heterocycles. The molecular weight excluding hydrogens is 392 g/mol. The Morgan fingerprint density at radius 2 is 1.87 bits per heavy atom. The van der Waals surface area contributed by atoms with Gasteiger partial charge in [0, 0.05) is 23.4 Å². The molecule has 10 heteroatoms. The highest BCUT2D eigenvalue weighted by Gasteiger charge is 2.13. The molecule has 4 rings (SSSR count). The van der Waals surface area contributed by atoms with E-state index >= 15 is 0 Å². The molecule has 1 N–H and O–H groups in total. The van der Waals surface area contributed by atoms with Gasteiger partial charge in [0.2, 0.25) is 5.89 Å². The third-order valence-electron chi connectivity index (χ3n) is 3.97. The van der Waals surface area contributed by atoms with Crippen LogP contribution in [0.25, 0.3) is 23.1 Å². The smallest absolute Gasteiger partial charge is 0.283 e. The van der Waals surface area contributed by atoms with E-state index in [1.54, 1.807) is 36.4 Å². The minimum Gasteiger partial charge on any atom is -0.484 e. The lowest BCUT2D eigenvalue weighted by atomic mass is 10.2. The number of nitro groups is 1. The van der Waals surface area contributed by atoms with E-state index in [9.17, 15) is 14.9 Å². The third kappa shape index (κ3) is 4.33. The molecule has 10 nitrogen and oxygen atoms in total. The van der Waals surface area contributed by atoms with Gasteiger partial charge in [-0.05, 0) is 42.5 Å². The molecule has 2 aromatic carbocycles. The summed E-state index contributed by atoms with van der Waals surface area (Å²) in [6.07, 6.45) is 1.51. The second-order valence-corrected chi connectivity index (χ2v) is 6.06. The lowest BCUT2D eigenvalue weighted by Crippen LogP contribution is -2.20. The number of ether oxygens (including phenoxy) is 1. The van der Waals surface area contributed by atoms with Crippen LogP contribution < -0.4 is 10.1 Å².